The van der Waals surface area contributed by atoms with Gasteiger partial charge in [-0.1, -0.05) is 13.8 Å². The minimum atomic E-state index is -3.61. The molecule has 106 valence electrons. The van der Waals surface area contributed by atoms with Crippen LogP contribution in [-0.4, -0.2) is 44.0 Å². The summed E-state index contributed by atoms with van der Waals surface area (Å²) in [6, 6.07) is -1.06. The lowest BCUT2D eigenvalue weighted by Crippen LogP contribution is -2.44. The van der Waals surface area contributed by atoms with Gasteiger partial charge >= 0.3 is 5.97 Å². The molecule has 6 nitrogen and oxygen atoms in total. The van der Waals surface area contributed by atoms with E-state index in [1.807, 2.05) is 13.8 Å². The van der Waals surface area contributed by atoms with E-state index in [4.69, 9.17) is 9.84 Å². The minimum absolute atomic E-state index is 0.108. The molecule has 1 aliphatic heterocycles. The molecule has 0 radical (unpaired) electrons. The van der Waals surface area contributed by atoms with Crippen LogP contribution in [-0.2, 0) is 19.6 Å². The number of carbonyl (C=O) groups is 1. The van der Waals surface area contributed by atoms with Crippen molar-refractivity contribution in [2.45, 2.75) is 45.3 Å². The number of ether oxygens (including phenoxy) is 1. The number of carboxylic acids is 1. The highest BCUT2D eigenvalue weighted by Gasteiger charge is 2.28. The number of hydrogen-bond acceptors (Lipinski definition) is 4. The molecular weight excluding hydrogens is 258 g/mol. The Kier molecular flexibility index (Phi) is 5.55. The first-order chi connectivity index (χ1) is 8.30. The van der Waals surface area contributed by atoms with E-state index in [1.54, 1.807) is 0 Å². The van der Waals surface area contributed by atoms with Gasteiger partial charge in [-0.2, -0.15) is 0 Å². The largest absolute Gasteiger partial charge is 0.480 e. The zero-order valence-corrected chi connectivity index (χ0v) is 11.6. The summed E-state index contributed by atoms with van der Waals surface area (Å²) in [7, 11) is -3.61. The third-order valence-electron chi connectivity index (χ3n) is 2.76. The maximum Gasteiger partial charge on any atom is 0.321 e. The summed E-state index contributed by atoms with van der Waals surface area (Å²) in [6.45, 7) is 4.28. The second-order valence-electron chi connectivity index (χ2n) is 5.05. The third-order valence-corrected chi connectivity index (χ3v) is 4.21. The van der Waals surface area contributed by atoms with Crippen LogP contribution in [0.25, 0.3) is 0 Å². The minimum Gasteiger partial charge on any atom is -0.480 e. The molecule has 2 unspecified atom stereocenters. The Labute approximate surface area is 108 Å². The van der Waals surface area contributed by atoms with Gasteiger partial charge in [0.2, 0.25) is 10.0 Å². The van der Waals surface area contributed by atoms with Crippen LogP contribution < -0.4 is 4.72 Å². The predicted molar refractivity (Wildman–Crippen MR) is 66.8 cm³/mol. The monoisotopic (exact) mass is 279 g/mol. The number of nitrogens with one attached hydrogen (secondary N) is 1. The SMILES string of the molecule is CC(C)CC(NS(=O)(=O)CC1CCCO1)C(=O)O. The highest BCUT2D eigenvalue weighted by Crippen LogP contribution is 2.14. The third kappa shape index (κ3) is 5.32. The van der Waals surface area contributed by atoms with Crippen molar-refractivity contribution in [1.29, 1.82) is 0 Å². The van der Waals surface area contributed by atoms with Crippen LogP contribution in [0.1, 0.15) is 33.1 Å². The Morgan fingerprint density at radius 1 is 1.50 bits per heavy atom. The van der Waals surface area contributed by atoms with E-state index in [1.165, 1.54) is 0 Å². The highest BCUT2D eigenvalue weighted by molar-refractivity contribution is 7.89. The fourth-order valence-corrected chi connectivity index (χ4v) is 3.44. The maximum atomic E-state index is 11.8. The van der Waals surface area contributed by atoms with E-state index < -0.39 is 22.0 Å². The van der Waals surface area contributed by atoms with Crippen LogP contribution >= 0.6 is 0 Å². The summed E-state index contributed by atoms with van der Waals surface area (Å²) in [5, 5.41) is 8.99. The van der Waals surface area contributed by atoms with Gasteiger partial charge in [0.25, 0.3) is 0 Å². The molecule has 0 aromatic rings. The number of hydrogen-bond donors (Lipinski definition) is 2. The van der Waals surface area contributed by atoms with Crippen molar-refractivity contribution in [1.82, 2.24) is 4.72 Å². The van der Waals surface area contributed by atoms with E-state index in [9.17, 15) is 13.2 Å². The van der Waals surface area contributed by atoms with Gasteiger partial charge in [0.05, 0.1) is 11.9 Å². The van der Waals surface area contributed by atoms with Gasteiger partial charge in [0.1, 0.15) is 6.04 Å². The molecule has 1 saturated heterocycles. The quantitative estimate of drug-likeness (QED) is 0.711. The van der Waals surface area contributed by atoms with Crippen molar-refractivity contribution < 1.29 is 23.1 Å². The molecule has 1 fully saturated rings. The van der Waals surface area contributed by atoms with Crippen molar-refractivity contribution in [3.8, 4) is 0 Å². The molecule has 0 amide bonds. The molecule has 1 rings (SSSR count). The van der Waals surface area contributed by atoms with Gasteiger partial charge in [-0.05, 0) is 25.2 Å². The number of aliphatic carboxylic acids is 1. The summed E-state index contributed by atoms with van der Waals surface area (Å²) in [4.78, 5) is 11.0. The Balaban J connectivity index is 2.57. The second kappa shape index (κ2) is 6.49. The Bertz CT molecular complexity index is 373. The van der Waals surface area contributed by atoms with Gasteiger partial charge in [-0.25, -0.2) is 13.1 Å². The summed E-state index contributed by atoms with van der Waals surface area (Å²) in [5.74, 6) is -1.19. The van der Waals surface area contributed by atoms with E-state index in [2.05, 4.69) is 4.72 Å². The molecule has 1 heterocycles. The van der Waals surface area contributed by atoms with Crippen molar-refractivity contribution in [3.63, 3.8) is 0 Å². The molecule has 0 spiro atoms. The first kappa shape index (κ1) is 15.4. The van der Waals surface area contributed by atoms with Gasteiger partial charge in [0.15, 0.2) is 0 Å². The molecule has 0 aromatic carbocycles. The van der Waals surface area contributed by atoms with E-state index >= 15 is 0 Å². The van der Waals surface area contributed by atoms with Crippen LogP contribution in [0.5, 0.6) is 0 Å². The summed E-state index contributed by atoms with van der Waals surface area (Å²) in [6.07, 6.45) is 1.54. The van der Waals surface area contributed by atoms with Gasteiger partial charge in [-0.3, -0.25) is 4.79 Å². The normalized spacial score (nSPS) is 22.3. The Hall–Kier alpha value is -0.660. The van der Waals surface area contributed by atoms with Crippen molar-refractivity contribution in [3.05, 3.63) is 0 Å². The average Bonchev–Trinajstić information content (AvgIpc) is 2.67. The van der Waals surface area contributed by atoms with Crippen LogP contribution in [0.15, 0.2) is 0 Å². The van der Waals surface area contributed by atoms with Crippen molar-refractivity contribution >= 4 is 16.0 Å². The topological polar surface area (TPSA) is 92.7 Å². The zero-order chi connectivity index (χ0) is 13.8. The highest BCUT2D eigenvalue weighted by atomic mass is 32.2. The number of carboxylic acid groups (broad SMARTS) is 1. The molecule has 0 bridgehead atoms. The van der Waals surface area contributed by atoms with Crippen LogP contribution in [0, 0.1) is 5.92 Å². The molecule has 0 aliphatic carbocycles. The molecular formula is C11H21NO5S. The summed E-state index contributed by atoms with van der Waals surface area (Å²) < 4.78 is 31.1. The van der Waals surface area contributed by atoms with Crippen molar-refractivity contribution in [2.75, 3.05) is 12.4 Å². The lowest BCUT2D eigenvalue weighted by molar-refractivity contribution is -0.139. The van der Waals surface area contributed by atoms with E-state index in [-0.39, 0.29) is 24.2 Å². The van der Waals surface area contributed by atoms with E-state index in [0.29, 0.717) is 13.0 Å². The molecule has 2 N–H and O–H groups in total. The van der Waals surface area contributed by atoms with Gasteiger partial charge in [0, 0.05) is 6.61 Å². The predicted octanol–water partition coefficient (Wildman–Crippen LogP) is 0.584. The standard InChI is InChI=1S/C11H21NO5S/c1-8(2)6-10(11(13)14)12-18(15,16)7-9-4-3-5-17-9/h8-10,12H,3-7H2,1-2H3,(H,13,14). The number of rotatable bonds is 7. The molecule has 1 aliphatic rings. The fourth-order valence-electron chi connectivity index (χ4n) is 1.96. The molecule has 7 heteroatoms. The average molecular weight is 279 g/mol. The van der Waals surface area contributed by atoms with Crippen LogP contribution in [0.4, 0.5) is 0 Å². The maximum absolute atomic E-state index is 11.8. The fraction of sp³-hybridized carbons (Fsp3) is 0.909. The molecule has 0 aromatic heterocycles. The number of sulfonamides is 1. The van der Waals surface area contributed by atoms with Crippen LogP contribution in [0.2, 0.25) is 0 Å². The molecule has 2 atom stereocenters. The second-order valence-corrected chi connectivity index (χ2v) is 6.85. The smallest absolute Gasteiger partial charge is 0.321 e. The zero-order valence-electron chi connectivity index (χ0n) is 10.8. The Morgan fingerprint density at radius 3 is 2.61 bits per heavy atom. The summed E-state index contributed by atoms with van der Waals surface area (Å²) >= 11 is 0. The Morgan fingerprint density at radius 2 is 2.17 bits per heavy atom. The van der Waals surface area contributed by atoms with Crippen LogP contribution in [0.3, 0.4) is 0 Å². The van der Waals surface area contributed by atoms with Crippen molar-refractivity contribution in [2.24, 2.45) is 5.92 Å². The first-order valence-electron chi connectivity index (χ1n) is 6.14. The molecule has 0 saturated carbocycles. The van der Waals surface area contributed by atoms with Gasteiger partial charge in [-0.15, -0.1) is 0 Å². The lowest BCUT2D eigenvalue weighted by Gasteiger charge is -2.18. The van der Waals surface area contributed by atoms with Gasteiger partial charge < -0.3 is 9.84 Å². The van der Waals surface area contributed by atoms with E-state index in [0.717, 1.165) is 6.42 Å². The lowest BCUT2D eigenvalue weighted by atomic mass is 10.1. The summed E-state index contributed by atoms with van der Waals surface area (Å²) in [5.41, 5.74) is 0. The first-order valence-corrected chi connectivity index (χ1v) is 7.80. The molecule has 18 heavy (non-hydrogen) atoms.